The van der Waals surface area contributed by atoms with Gasteiger partial charge in [0.1, 0.15) is 11.9 Å². The van der Waals surface area contributed by atoms with Crippen molar-refractivity contribution >= 4 is 27.6 Å². The van der Waals surface area contributed by atoms with Crippen LogP contribution in [-0.2, 0) is 21.2 Å². The van der Waals surface area contributed by atoms with Gasteiger partial charge in [-0.2, -0.15) is 4.31 Å². The number of halogens is 3. The summed E-state index contributed by atoms with van der Waals surface area (Å²) >= 11 is 6.39. The van der Waals surface area contributed by atoms with Gasteiger partial charge in [-0.25, -0.2) is 22.0 Å². The number of rotatable bonds is 6. The lowest BCUT2D eigenvalue weighted by Crippen LogP contribution is -2.58. The van der Waals surface area contributed by atoms with Crippen LogP contribution in [0.1, 0.15) is 18.9 Å². The van der Waals surface area contributed by atoms with Gasteiger partial charge in [0.05, 0.1) is 23.0 Å². The summed E-state index contributed by atoms with van der Waals surface area (Å²) in [6.07, 6.45) is 1.97. The standard InChI is InChI=1S/C22H20ClF2NO5S/c1-2-13(21(27)28)8-17-9-16-7-15(10-19(23)20(16)31-17)14-3-5-18(6-4-14)32(29,30)26-11-22(24,25)12-26/h3-8,10,17H,2,9,11-12H2,1H3,(H,27,28). The Bertz CT molecular complexity index is 1200. The topological polar surface area (TPSA) is 83.9 Å². The first-order valence-electron chi connectivity index (χ1n) is 9.91. The number of carboxylic acid groups (broad SMARTS) is 1. The first kappa shape index (κ1) is 22.7. The van der Waals surface area contributed by atoms with Gasteiger partial charge in [-0.3, -0.25) is 0 Å². The Kier molecular flexibility index (Phi) is 5.77. The third-order valence-corrected chi connectivity index (χ3v) is 7.58. The van der Waals surface area contributed by atoms with Crippen LogP contribution in [0.4, 0.5) is 8.78 Å². The van der Waals surface area contributed by atoms with Crippen molar-refractivity contribution < 1.29 is 31.8 Å². The van der Waals surface area contributed by atoms with Crippen molar-refractivity contribution in [2.24, 2.45) is 0 Å². The second kappa shape index (κ2) is 8.13. The molecule has 2 aromatic rings. The van der Waals surface area contributed by atoms with E-state index in [0.29, 0.717) is 29.2 Å². The van der Waals surface area contributed by atoms with E-state index >= 15 is 0 Å². The van der Waals surface area contributed by atoms with Gasteiger partial charge in [-0.15, -0.1) is 0 Å². The molecular formula is C22H20ClF2NO5S. The van der Waals surface area contributed by atoms with Crippen molar-refractivity contribution in [2.75, 3.05) is 13.1 Å². The molecule has 2 heterocycles. The second-order valence-corrected chi connectivity index (χ2v) is 10.2. The lowest BCUT2D eigenvalue weighted by atomic mass is 10.0. The number of alkyl halides is 2. The van der Waals surface area contributed by atoms with Gasteiger partial charge in [-0.05, 0) is 47.9 Å². The van der Waals surface area contributed by atoms with Gasteiger partial charge in [-0.1, -0.05) is 30.7 Å². The number of nitrogens with zero attached hydrogens (tertiary/aromatic N) is 1. The summed E-state index contributed by atoms with van der Waals surface area (Å²) < 4.78 is 57.6. The fourth-order valence-corrected chi connectivity index (χ4v) is 5.56. The number of fused-ring (bicyclic) bond motifs is 1. The third kappa shape index (κ3) is 4.24. The lowest BCUT2D eigenvalue weighted by molar-refractivity contribution is -0.132. The van der Waals surface area contributed by atoms with Gasteiger partial charge >= 0.3 is 5.97 Å². The van der Waals surface area contributed by atoms with Crippen LogP contribution in [0, 0.1) is 0 Å². The number of aliphatic carboxylic acids is 1. The molecule has 2 aliphatic rings. The SMILES string of the molecule is CCC(=CC1Cc2cc(-c3ccc(S(=O)(=O)N4CC(F)(F)C4)cc3)cc(Cl)c2O1)C(=O)O. The Hall–Kier alpha value is -2.49. The number of carbonyl (C=O) groups is 1. The number of hydrogen-bond acceptors (Lipinski definition) is 4. The van der Waals surface area contributed by atoms with Crippen molar-refractivity contribution in [3.8, 4) is 16.9 Å². The zero-order valence-corrected chi connectivity index (χ0v) is 18.6. The van der Waals surface area contributed by atoms with Crippen molar-refractivity contribution in [3.63, 3.8) is 0 Å². The quantitative estimate of drug-likeness (QED) is 0.617. The molecule has 10 heteroatoms. The maximum absolute atomic E-state index is 13.1. The summed E-state index contributed by atoms with van der Waals surface area (Å²) in [6, 6.07) is 9.49. The Balaban J connectivity index is 1.56. The Morgan fingerprint density at radius 1 is 1.25 bits per heavy atom. The van der Waals surface area contributed by atoms with Gasteiger partial charge in [0, 0.05) is 17.6 Å². The largest absolute Gasteiger partial charge is 0.484 e. The molecule has 2 aliphatic heterocycles. The minimum Gasteiger partial charge on any atom is -0.484 e. The first-order valence-corrected chi connectivity index (χ1v) is 11.7. The molecule has 1 N–H and O–H groups in total. The number of carboxylic acids is 1. The molecule has 0 saturated carbocycles. The molecular weight excluding hydrogens is 464 g/mol. The van der Waals surface area contributed by atoms with Crippen LogP contribution in [0.2, 0.25) is 5.02 Å². The van der Waals surface area contributed by atoms with E-state index in [0.717, 1.165) is 15.4 Å². The summed E-state index contributed by atoms with van der Waals surface area (Å²) in [5, 5.41) is 9.59. The van der Waals surface area contributed by atoms with Crippen LogP contribution in [0.5, 0.6) is 5.75 Å². The lowest BCUT2D eigenvalue weighted by Gasteiger charge is -2.37. The van der Waals surface area contributed by atoms with Crippen LogP contribution < -0.4 is 4.74 Å². The molecule has 1 saturated heterocycles. The van der Waals surface area contributed by atoms with Crippen LogP contribution in [-0.4, -0.2) is 48.9 Å². The van der Waals surface area contributed by atoms with E-state index in [1.54, 1.807) is 31.2 Å². The zero-order valence-electron chi connectivity index (χ0n) is 17.0. The average molecular weight is 484 g/mol. The monoisotopic (exact) mass is 483 g/mol. The molecule has 0 amide bonds. The Labute approximate surface area is 189 Å². The van der Waals surface area contributed by atoms with E-state index in [1.165, 1.54) is 12.1 Å². The molecule has 0 bridgehead atoms. The highest BCUT2D eigenvalue weighted by atomic mass is 35.5. The van der Waals surface area contributed by atoms with Gasteiger partial charge in [0.25, 0.3) is 5.92 Å². The van der Waals surface area contributed by atoms with Crippen LogP contribution in [0.25, 0.3) is 11.1 Å². The van der Waals surface area contributed by atoms with E-state index in [9.17, 15) is 27.1 Å². The summed E-state index contributed by atoms with van der Waals surface area (Å²) in [6.45, 7) is 0.133. The normalized spacial score (nSPS) is 20.4. The van der Waals surface area contributed by atoms with E-state index in [-0.39, 0.29) is 10.5 Å². The van der Waals surface area contributed by atoms with Crippen molar-refractivity contribution in [1.29, 1.82) is 0 Å². The summed E-state index contributed by atoms with van der Waals surface area (Å²) in [5.41, 5.74) is 2.50. The van der Waals surface area contributed by atoms with Gasteiger partial charge in [0.2, 0.25) is 10.0 Å². The van der Waals surface area contributed by atoms with Crippen LogP contribution in [0.15, 0.2) is 52.9 Å². The molecule has 0 aromatic heterocycles. The maximum atomic E-state index is 13.1. The molecule has 4 rings (SSSR count). The number of hydrogen-bond donors (Lipinski definition) is 1. The molecule has 1 unspecified atom stereocenters. The van der Waals surface area contributed by atoms with Gasteiger partial charge < -0.3 is 9.84 Å². The highest BCUT2D eigenvalue weighted by molar-refractivity contribution is 7.89. The Morgan fingerprint density at radius 2 is 1.91 bits per heavy atom. The third-order valence-electron chi connectivity index (χ3n) is 5.49. The number of sulfonamides is 1. The van der Waals surface area contributed by atoms with E-state index in [1.807, 2.05) is 6.07 Å². The molecule has 0 spiro atoms. The smallest absolute Gasteiger partial charge is 0.331 e. The van der Waals surface area contributed by atoms with Crippen LogP contribution >= 0.6 is 11.6 Å². The highest BCUT2D eigenvalue weighted by Crippen LogP contribution is 2.40. The summed E-state index contributed by atoms with van der Waals surface area (Å²) in [5.74, 6) is -3.47. The predicted molar refractivity (Wildman–Crippen MR) is 115 cm³/mol. The fourth-order valence-electron chi connectivity index (χ4n) is 3.78. The predicted octanol–water partition coefficient (Wildman–Crippen LogP) is 4.37. The molecule has 1 fully saturated rings. The minimum absolute atomic E-state index is 0.0571. The fraction of sp³-hybridized carbons (Fsp3) is 0.318. The van der Waals surface area contributed by atoms with E-state index < -0.39 is 41.1 Å². The second-order valence-electron chi connectivity index (χ2n) is 7.81. The van der Waals surface area contributed by atoms with Gasteiger partial charge in [0.15, 0.2) is 0 Å². The molecule has 0 radical (unpaired) electrons. The summed E-state index contributed by atoms with van der Waals surface area (Å²) in [4.78, 5) is 11.2. The van der Waals surface area contributed by atoms with Crippen LogP contribution in [0.3, 0.4) is 0 Å². The minimum atomic E-state index is -3.97. The number of ether oxygens (including phenoxy) is 1. The zero-order chi connectivity index (χ0) is 23.3. The van der Waals surface area contributed by atoms with Crippen molar-refractivity contribution in [3.05, 3.63) is 58.6 Å². The first-order chi connectivity index (χ1) is 15.0. The molecule has 170 valence electrons. The summed E-state index contributed by atoms with van der Waals surface area (Å²) in [7, 11) is -3.97. The Morgan fingerprint density at radius 3 is 2.47 bits per heavy atom. The van der Waals surface area contributed by atoms with E-state index in [2.05, 4.69) is 0 Å². The highest BCUT2D eigenvalue weighted by Gasteiger charge is 2.49. The molecule has 0 aliphatic carbocycles. The molecule has 1 atom stereocenters. The molecule has 6 nitrogen and oxygen atoms in total. The average Bonchev–Trinajstić information content (AvgIpc) is 3.13. The maximum Gasteiger partial charge on any atom is 0.331 e. The number of benzene rings is 2. The molecule has 2 aromatic carbocycles. The van der Waals surface area contributed by atoms with E-state index in [4.69, 9.17) is 16.3 Å². The molecule has 32 heavy (non-hydrogen) atoms. The van der Waals surface area contributed by atoms with Crippen molar-refractivity contribution in [1.82, 2.24) is 4.31 Å². The van der Waals surface area contributed by atoms with Crippen molar-refractivity contribution in [2.45, 2.75) is 36.7 Å².